The second kappa shape index (κ2) is 14.6. The summed E-state index contributed by atoms with van der Waals surface area (Å²) in [6, 6.07) is 11.0. The normalized spacial score (nSPS) is 19.6. The van der Waals surface area contributed by atoms with Crippen molar-refractivity contribution in [1.82, 2.24) is 20.4 Å². The zero-order chi connectivity index (χ0) is 21.9. The van der Waals surface area contributed by atoms with Gasteiger partial charge in [-0.3, -0.25) is 14.7 Å². The second-order valence-corrected chi connectivity index (χ2v) is 8.46. The van der Waals surface area contributed by atoms with E-state index in [1.165, 1.54) is 12.1 Å². The standard InChI is InChI=1S/C24H40N6O.HI/c1-3-23(31)30-15-12-21(20-30)27-24(25-4-2)26-13-8-9-14-28-16-18-29(19-17-28)22-10-6-5-7-11-22;/h5-7,10-11,21H,3-4,8-9,12-20H2,1-2H3,(H2,25,26,27);1H. The van der Waals surface area contributed by atoms with E-state index in [4.69, 9.17) is 4.99 Å². The number of hydrogen-bond acceptors (Lipinski definition) is 4. The van der Waals surface area contributed by atoms with Gasteiger partial charge in [-0.25, -0.2) is 0 Å². The molecule has 0 bridgehead atoms. The van der Waals surface area contributed by atoms with Crippen molar-refractivity contribution < 1.29 is 4.79 Å². The zero-order valence-electron chi connectivity index (χ0n) is 19.8. The third-order valence-electron chi connectivity index (χ3n) is 6.17. The number of halogens is 1. The number of nitrogens with one attached hydrogen (secondary N) is 2. The number of piperazine rings is 1. The summed E-state index contributed by atoms with van der Waals surface area (Å²) >= 11 is 0. The topological polar surface area (TPSA) is 63.2 Å². The Bertz CT molecular complexity index is 693. The molecule has 2 saturated heterocycles. The Morgan fingerprint density at radius 1 is 1.06 bits per heavy atom. The molecule has 1 aromatic carbocycles. The lowest BCUT2D eigenvalue weighted by molar-refractivity contribution is -0.129. The Hall–Kier alpha value is -1.55. The monoisotopic (exact) mass is 556 g/mol. The average molecular weight is 557 g/mol. The molecule has 2 fully saturated rings. The first-order valence-corrected chi connectivity index (χ1v) is 12.0. The average Bonchev–Trinajstić information content (AvgIpc) is 3.28. The van der Waals surface area contributed by atoms with Crippen molar-refractivity contribution in [3.63, 3.8) is 0 Å². The lowest BCUT2D eigenvalue weighted by atomic mass is 10.2. The molecule has 1 amide bonds. The maximum Gasteiger partial charge on any atom is 0.222 e. The summed E-state index contributed by atoms with van der Waals surface area (Å²) in [4.78, 5) is 23.7. The Kier molecular flexibility index (Phi) is 12.2. The van der Waals surface area contributed by atoms with Crippen LogP contribution in [0.1, 0.15) is 39.5 Å². The van der Waals surface area contributed by atoms with Gasteiger partial charge in [0.05, 0.1) is 0 Å². The van der Waals surface area contributed by atoms with E-state index in [9.17, 15) is 4.79 Å². The molecule has 2 aliphatic rings. The second-order valence-electron chi connectivity index (χ2n) is 8.46. The van der Waals surface area contributed by atoms with Crippen molar-refractivity contribution in [2.75, 3.05) is 63.8 Å². The van der Waals surface area contributed by atoms with Gasteiger partial charge in [0, 0.05) is 70.5 Å². The van der Waals surface area contributed by atoms with Gasteiger partial charge in [0.1, 0.15) is 0 Å². The summed E-state index contributed by atoms with van der Waals surface area (Å²) in [7, 11) is 0. The molecule has 32 heavy (non-hydrogen) atoms. The number of para-hydroxylation sites is 1. The van der Waals surface area contributed by atoms with E-state index in [0.29, 0.717) is 12.5 Å². The molecule has 0 aliphatic carbocycles. The molecule has 180 valence electrons. The number of aliphatic imine (C=N–C) groups is 1. The first kappa shape index (κ1) is 26.7. The van der Waals surface area contributed by atoms with Crippen LogP contribution in [-0.2, 0) is 4.79 Å². The number of benzene rings is 1. The number of likely N-dealkylation sites (tertiary alicyclic amines) is 1. The van der Waals surface area contributed by atoms with Crippen LogP contribution in [0, 0.1) is 0 Å². The van der Waals surface area contributed by atoms with E-state index in [-0.39, 0.29) is 29.9 Å². The molecule has 3 rings (SSSR count). The number of anilines is 1. The van der Waals surface area contributed by atoms with Gasteiger partial charge < -0.3 is 20.4 Å². The van der Waals surface area contributed by atoms with Crippen molar-refractivity contribution in [1.29, 1.82) is 0 Å². The minimum Gasteiger partial charge on any atom is -0.369 e. The highest BCUT2D eigenvalue weighted by molar-refractivity contribution is 14.0. The lowest BCUT2D eigenvalue weighted by Crippen LogP contribution is -2.46. The number of amides is 1. The Morgan fingerprint density at radius 2 is 1.81 bits per heavy atom. The number of guanidine groups is 1. The number of rotatable bonds is 9. The Morgan fingerprint density at radius 3 is 2.50 bits per heavy atom. The molecule has 0 spiro atoms. The van der Waals surface area contributed by atoms with E-state index >= 15 is 0 Å². The van der Waals surface area contributed by atoms with Crippen LogP contribution in [0.3, 0.4) is 0 Å². The predicted molar refractivity (Wildman–Crippen MR) is 144 cm³/mol. The summed E-state index contributed by atoms with van der Waals surface area (Å²) < 4.78 is 0. The minimum absolute atomic E-state index is 0. The van der Waals surface area contributed by atoms with E-state index in [0.717, 1.165) is 77.7 Å². The fraction of sp³-hybridized carbons (Fsp3) is 0.667. The maximum atomic E-state index is 11.9. The number of carbonyl (C=O) groups is 1. The Labute approximate surface area is 211 Å². The van der Waals surface area contributed by atoms with Crippen LogP contribution in [0.5, 0.6) is 0 Å². The molecule has 1 aromatic rings. The number of nitrogens with zero attached hydrogens (tertiary/aromatic N) is 4. The molecule has 1 unspecified atom stereocenters. The molecular weight excluding hydrogens is 515 g/mol. The fourth-order valence-corrected chi connectivity index (χ4v) is 4.35. The summed E-state index contributed by atoms with van der Waals surface area (Å²) in [6.07, 6.45) is 3.85. The highest BCUT2D eigenvalue weighted by Crippen LogP contribution is 2.15. The summed E-state index contributed by atoms with van der Waals surface area (Å²) in [6.45, 7) is 13.0. The summed E-state index contributed by atoms with van der Waals surface area (Å²) in [5.41, 5.74) is 1.34. The molecule has 2 N–H and O–H groups in total. The molecule has 1 atom stereocenters. The first-order chi connectivity index (χ1) is 15.2. The maximum absolute atomic E-state index is 11.9. The van der Waals surface area contributed by atoms with Crippen molar-refractivity contribution in [2.24, 2.45) is 4.99 Å². The largest absolute Gasteiger partial charge is 0.369 e. The molecule has 7 nitrogen and oxygen atoms in total. The number of carbonyl (C=O) groups excluding carboxylic acids is 1. The summed E-state index contributed by atoms with van der Waals surface area (Å²) in [5.74, 6) is 1.13. The smallest absolute Gasteiger partial charge is 0.222 e. The SMILES string of the molecule is CCNC(=NCCCCN1CCN(c2ccccc2)CC1)NC1CCN(C(=O)CC)C1.I. The highest BCUT2D eigenvalue weighted by Gasteiger charge is 2.25. The van der Waals surface area contributed by atoms with Gasteiger partial charge in [-0.1, -0.05) is 25.1 Å². The molecule has 8 heteroatoms. The fourth-order valence-electron chi connectivity index (χ4n) is 4.35. The van der Waals surface area contributed by atoms with E-state index in [1.807, 2.05) is 11.8 Å². The van der Waals surface area contributed by atoms with Crippen LogP contribution in [-0.4, -0.2) is 86.6 Å². The van der Waals surface area contributed by atoms with Gasteiger partial charge >= 0.3 is 0 Å². The highest BCUT2D eigenvalue weighted by atomic mass is 127. The van der Waals surface area contributed by atoms with Gasteiger partial charge in [0.15, 0.2) is 5.96 Å². The first-order valence-electron chi connectivity index (χ1n) is 12.0. The van der Waals surface area contributed by atoms with E-state index in [1.54, 1.807) is 0 Å². The predicted octanol–water partition coefficient (Wildman–Crippen LogP) is 2.77. The van der Waals surface area contributed by atoms with Gasteiger partial charge in [-0.15, -0.1) is 24.0 Å². The molecular formula is C24H41IN6O. The van der Waals surface area contributed by atoms with Crippen molar-refractivity contribution in [3.05, 3.63) is 30.3 Å². The van der Waals surface area contributed by atoms with Crippen LogP contribution in [0.25, 0.3) is 0 Å². The van der Waals surface area contributed by atoms with Gasteiger partial charge in [0.25, 0.3) is 0 Å². The number of unbranched alkanes of at least 4 members (excludes halogenated alkanes) is 1. The molecule has 2 heterocycles. The van der Waals surface area contributed by atoms with Gasteiger partial charge in [-0.05, 0) is 44.9 Å². The summed E-state index contributed by atoms with van der Waals surface area (Å²) in [5, 5.41) is 6.86. The van der Waals surface area contributed by atoms with E-state index < -0.39 is 0 Å². The minimum atomic E-state index is 0. The zero-order valence-corrected chi connectivity index (χ0v) is 22.1. The molecule has 2 aliphatic heterocycles. The van der Waals surface area contributed by atoms with Gasteiger partial charge in [-0.2, -0.15) is 0 Å². The molecule has 0 radical (unpaired) electrons. The van der Waals surface area contributed by atoms with E-state index in [2.05, 4.69) is 57.7 Å². The number of hydrogen-bond donors (Lipinski definition) is 2. The Balaban J connectivity index is 0.00000363. The van der Waals surface area contributed by atoms with Gasteiger partial charge in [0.2, 0.25) is 5.91 Å². The van der Waals surface area contributed by atoms with Crippen LogP contribution in [0.15, 0.2) is 35.3 Å². The van der Waals surface area contributed by atoms with Crippen LogP contribution < -0.4 is 15.5 Å². The van der Waals surface area contributed by atoms with Crippen LogP contribution >= 0.6 is 24.0 Å². The van der Waals surface area contributed by atoms with Crippen LogP contribution in [0.4, 0.5) is 5.69 Å². The lowest BCUT2D eigenvalue weighted by Gasteiger charge is -2.36. The molecule has 0 aromatic heterocycles. The van der Waals surface area contributed by atoms with Crippen molar-refractivity contribution >= 4 is 41.5 Å². The van der Waals surface area contributed by atoms with Crippen molar-refractivity contribution in [3.8, 4) is 0 Å². The quantitative estimate of drug-likeness (QED) is 0.212. The van der Waals surface area contributed by atoms with Crippen LogP contribution in [0.2, 0.25) is 0 Å². The third-order valence-corrected chi connectivity index (χ3v) is 6.17. The molecule has 0 saturated carbocycles. The van der Waals surface area contributed by atoms with Crippen molar-refractivity contribution in [2.45, 2.75) is 45.6 Å². The third kappa shape index (κ3) is 8.42.